The molecule has 202 valence electrons. The maximum absolute atomic E-state index is 13.0. The quantitative estimate of drug-likeness (QED) is 0.346. The smallest absolute Gasteiger partial charge is 0.391 e. The Morgan fingerprint density at radius 1 is 1.03 bits per heavy atom. The number of hydrogen-bond donors (Lipinski definition) is 2. The van der Waals surface area contributed by atoms with Crippen LogP contribution in [-0.2, 0) is 6.54 Å². The average Bonchev–Trinajstić information content (AvgIpc) is 2.89. The minimum absolute atomic E-state index is 0.148. The van der Waals surface area contributed by atoms with Gasteiger partial charge in [0.25, 0.3) is 0 Å². The number of aliphatic hydroxyl groups excluding tert-OH is 1. The Morgan fingerprint density at radius 2 is 1.70 bits per heavy atom. The standard InChI is InChI=1S/C31H40F3NO2/c1-21(36)11-12-29-13-16-30(17-14-29,18-15-29)35-20-23-3-9-27-22(2)28(10-4-24(27)19-23)37-26-7-5-25(6-8-26)31(32,33)34/h3-4,9-10,19,25-26,35-36H,1,5-8,11-18,20H2,2H3. The fourth-order valence-electron chi connectivity index (χ4n) is 7.04. The lowest BCUT2D eigenvalue weighted by atomic mass is 9.56. The Hall–Kier alpha value is -2.21. The number of alkyl halides is 3. The summed E-state index contributed by atoms with van der Waals surface area (Å²) in [5.74, 6) is -0.0910. The van der Waals surface area contributed by atoms with Gasteiger partial charge in [0, 0.05) is 18.5 Å². The summed E-state index contributed by atoms with van der Waals surface area (Å²) in [5, 5.41) is 15.7. The van der Waals surface area contributed by atoms with Gasteiger partial charge in [0.15, 0.2) is 0 Å². The monoisotopic (exact) mass is 515 g/mol. The second kappa shape index (κ2) is 10.2. The first-order valence-electron chi connectivity index (χ1n) is 13.9. The minimum atomic E-state index is -4.09. The fourth-order valence-corrected chi connectivity index (χ4v) is 7.04. The first-order chi connectivity index (χ1) is 17.6. The highest BCUT2D eigenvalue weighted by molar-refractivity contribution is 5.88. The lowest BCUT2D eigenvalue weighted by molar-refractivity contribution is -0.185. The molecule has 2 aromatic rings. The zero-order valence-electron chi connectivity index (χ0n) is 21.9. The predicted octanol–water partition coefficient (Wildman–Crippen LogP) is 8.68. The van der Waals surface area contributed by atoms with E-state index in [1.807, 2.05) is 13.0 Å². The van der Waals surface area contributed by atoms with E-state index in [1.165, 1.54) is 44.1 Å². The summed E-state index contributed by atoms with van der Waals surface area (Å²) in [7, 11) is 0. The van der Waals surface area contributed by atoms with Gasteiger partial charge in [-0.25, -0.2) is 0 Å². The lowest BCUT2D eigenvalue weighted by Gasteiger charge is -2.54. The van der Waals surface area contributed by atoms with Gasteiger partial charge in [-0.05, 0) is 117 Å². The van der Waals surface area contributed by atoms with Crippen LogP contribution in [0.15, 0.2) is 42.7 Å². The Balaban J connectivity index is 1.18. The Bertz CT molecular complexity index is 1110. The van der Waals surface area contributed by atoms with E-state index in [0.717, 1.165) is 41.5 Å². The van der Waals surface area contributed by atoms with E-state index in [2.05, 4.69) is 36.2 Å². The summed E-state index contributed by atoms with van der Waals surface area (Å²) in [6.07, 6.45) is 6.02. The molecular weight excluding hydrogens is 475 g/mol. The number of ether oxygens (including phenoxy) is 1. The molecule has 3 nitrogen and oxygen atoms in total. The summed E-state index contributed by atoms with van der Waals surface area (Å²) in [6, 6.07) is 10.6. The van der Waals surface area contributed by atoms with E-state index >= 15 is 0 Å². The number of nitrogens with one attached hydrogen (secondary N) is 1. The van der Waals surface area contributed by atoms with Crippen LogP contribution in [-0.4, -0.2) is 22.9 Å². The molecular formula is C31H40F3NO2. The molecule has 0 saturated heterocycles. The van der Waals surface area contributed by atoms with Crippen molar-refractivity contribution in [2.75, 3.05) is 0 Å². The minimum Gasteiger partial charge on any atom is -0.513 e. The van der Waals surface area contributed by atoms with Crippen LogP contribution in [0.1, 0.15) is 88.2 Å². The van der Waals surface area contributed by atoms with Crippen LogP contribution in [0.4, 0.5) is 13.2 Å². The van der Waals surface area contributed by atoms with Crippen molar-refractivity contribution in [1.82, 2.24) is 5.32 Å². The summed E-state index contributed by atoms with van der Waals surface area (Å²) in [5.41, 5.74) is 2.94. The Kier molecular flexibility index (Phi) is 7.25. The molecule has 0 aromatic heterocycles. The lowest BCUT2D eigenvalue weighted by Crippen LogP contribution is -2.54. The topological polar surface area (TPSA) is 41.5 Å². The molecule has 4 saturated carbocycles. The number of benzene rings is 2. The molecule has 2 N–H and O–H groups in total. The Labute approximate surface area is 218 Å². The fraction of sp³-hybridized carbons (Fsp3) is 0.613. The zero-order valence-corrected chi connectivity index (χ0v) is 21.9. The molecule has 0 spiro atoms. The van der Waals surface area contributed by atoms with Crippen LogP contribution in [0.2, 0.25) is 0 Å². The maximum atomic E-state index is 13.0. The molecule has 4 aliphatic rings. The Morgan fingerprint density at radius 3 is 2.32 bits per heavy atom. The van der Waals surface area contributed by atoms with Crippen molar-refractivity contribution >= 4 is 10.8 Å². The van der Waals surface area contributed by atoms with Crippen LogP contribution in [0.3, 0.4) is 0 Å². The number of fused-ring (bicyclic) bond motifs is 4. The van der Waals surface area contributed by atoms with E-state index in [0.29, 0.717) is 24.0 Å². The molecule has 2 bridgehead atoms. The summed E-state index contributed by atoms with van der Waals surface area (Å²) < 4.78 is 45.1. The van der Waals surface area contributed by atoms with Crippen molar-refractivity contribution < 1.29 is 23.0 Å². The van der Waals surface area contributed by atoms with Crippen LogP contribution < -0.4 is 10.1 Å². The van der Waals surface area contributed by atoms with E-state index < -0.39 is 12.1 Å². The van der Waals surface area contributed by atoms with Crippen molar-refractivity contribution in [3.63, 3.8) is 0 Å². The van der Waals surface area contributed by atoms with Crippen LogP contribution in [0, 0.1) is 18.3 Å². The predicted molar refractivity (Wildman–Crippen MR) is 142 cm³/mol. The molecule has 0 heterocycles. The van der Waals surface area contributed by atoms with Gasteiger partial charge in [-0.1, -0.05) is 24.8 Å². The largest absolute Gasteiger partial charge is 0.513 e. The number of aliphatic hydroxyl groups is 1. The molecule has 0 amide bonds. The van der Waals surface area contributed by atoms with E-state index in [9.17, 15) is 18.3 Å². The molecule has 0 atom stereocenters. The highest BCUT2D eigenvalue weighted by Gasteiger charge is 2.48. The molecule has 0 aliphatic heterocycles. The van der Waals surface area contributed by atoms with Gasteiger partial charge in [-0.15, -0.1) is 0 Å². The third-order valence-electron chi connectivity index (χ3n) is 9.75. The zero-order chi connectivity index (χ0) is 26.3. The van der Waals surface area contributed by atoms with Gasteiger partial charge in [-0.2, -0.15) is 13.2 Å². The molecule has 37 heavy (non-hydrogen) atoms. The third-order valence-corrected chi connectivity index (χ3v) is 9.75. The van der Waals surface area contributed by atoms with Crippen molar-refractivity contribution in [2.45, 2.75) is 108 Å². The third kappa shape index (κ3) is 5.79. The van der Waals surface area contributed by atoms with E-state index in [-0.39, 0.29) is 24.5 Å². The molecule has 4 aliphatic carbocycles. The SMILES string of the molecule is C=C(O)CCC12CCC(NCc3ccc4c(C)c(OC5CCC(C(F)(F)F)CC5)ccc4c3)(CC1)CC2. The van der Waals surface area contributed by atoms with Gasteiger partial charge in [0.05, 0.1) is 17.8 Å². The second-order valence-corrected chi connectivity index (χ2v) is 12.1. The van der Waals surface area contributed by atoms with Crippen molar-refractivity contribution in [1.29, 1.82) is 0 Å². The van der Waals surface area contributed by atoms with Gasteiger partial charge in [-0.3, -0.25) is 0 Å². The number of aryl methyl sites for hydroxylation is 1. The average molecular weight is 516 g/mol. The second-order valence-electron chi connectivity index (χ2n) is 12.1. The normalized spacial score (nSPS) is 29.9. The van der Waals surface area contributed by atoms with Gasteiger partial charge < -0.3 is 15.2 Å². The van der Waals surface area contributed by atoms with Gasteiger partial charge >= 0.3 is 6.18 Å². The molecule has 0 radical (unpaired) electrons. The molecule has 2 aromatic carbocycles. The number of halogens is 3. The highest BCUT2D eigenvalue weighted by atomic mass is 19.4. The van der Waals surface area contributed by atoms with E-state index in [1.54, 1.807) is 0 Å². The molecule has 0 unspecified atom stereocenters. The van der Waals surface area contributed by atoms with Crippen LogP contribution >= 0.6 is 0 Å². The van der Waals surface area contributed by atoms with Gasteiger partial charge in [0.1, 0.15) is 5.75 Å². The first-order valence-corrected chi connectivity index (χ1v) is 13.9. The molecule has 6 heteroatoms. The van der Waals surface area contributed by atoms with Crippen molar-refractivity contribution in [2.24, 2.45) is 11.3 Å². The van der Waals surface area contributed by atoms with Crippen LogP contribution in [0.5, 0.6) is 5.75 Å². The maximum Gasteiger partial charge on any atom is 0.391 e. The van der Waals surface area contributed by atoms with Crippen LogP contribution in [0.25, 0.3) is 10.8 Å². The first kappa shape index (κ1) is 26.4. The van der Waals surface area contributed by atoms with E-state index in [4.69, 9.17) is 4.74 Å². The number of hydrogen-bond acceptors (Lipinski definition) is 3. The summed E-state index contributed by atoms with van der Waals surface area (Å²) in [4.78, 5) is 0. The summed E-state index contributed by atoms with van der Waals surface area (Å²) in [6.45, 7) is 6.55. The molecule has 6 rings (SSSR count). The van der Waals surface area contributed by atoms with Gasteiger partial charge in [0.2, 0.25) is 0 Å². The molecule has 4 fully saturated rings. The highest BCUT2D eigenvalue weighted by Crippen LogP contribution is 2.55. The number of rotatable bonds is 8. The van der Waals surface area contributed by atoms with Crippen molar-refractivity contribution in [3.05, 3.63) is 53.8 Å². The number of allylic oxidation sites excluding steroid dienone is 1. The summed E-state index contributed by atoms with van der Waals surface area (Å²) >= 11 is 0. The van der Waals surface area contributed by atoms with Crippen molar-refractivity contribution in [3.8, 4) is 5.75 Å².